The number of aliphatic hydroxyl groups is 1. The number of anilines is 2. The molecular weight excluding hydrogens is 294 g/mol. The fourth-order valence-corrected chi connectivity index (χ4v) is 1.58. The largest absolute Gasteiger partial charge is 0.391 e. The second-order valence-electron chi connectivity index (χ2n) is 4.59. The number of nitrogens with zero attached hydrogens (tertiary/aromatic N) is 2. The van der Waals surface area contributed by atoms with Gasteiger partial charge in [0.2, 0.25) is 0 Å². The maximum absolute atomic E-state index is 11.1. The summed E-state index contributed by atoms with van der Waals surface area (Å²) in [6.07, 6.45) is -0.341. The van der Waals surface area contributed by atoms with E-state index in [1.807, 2.05) is 44.2 Å². The number of hydrogen-bond acceptors (Lipinski definition) is 6. The van der Waals surface area contributed by atoms with Gasteiger partial charge < -0.3 is 15.8 Å². The van der Waals surface area contributed by atoms with E-state index in [1.165, 1.54) is 5.01 Å². The third-order valence-electron chi connectivity index (χ3n) is 2.67. The fourth-order valence-electron chi connectivity index (χ4n) is 1.58. The molecule has 0 bridgehead atoms. The van der Waals surface area contributed by atoms with Crippen LogP contribution in [0.3, 0.4) is 0 Å². The van der Waals surface area contributed by atoms with Gasteiger partial charge in [0.05, 0.1) is 6.10 Å². The predicted octanol–water partition coefficient (Wildman–Crippen LogP) is 1.74. The van der Waals surface area contributed by atoms with Crippen LogP contribution in [0.4, 0.5) is 11.5 Å². The Kier molecular flexibility index (Phi) is 9.29. The van der Waals surface area contributed by atoms with Crippen molar-refractivity contribution in [2.75, 3.05) is 17.8 Å². The molecular formula is C16H27N5O2. The lowest BCUT2D eigenvalue weighted by Gasteiger charge is -2.12. The summed E-state index contributed by atoms with van der Waals surface area (Å²) < 4.78 is 0. The average molecular weight is 321 g/mol. The molecule has 7 heteroatoms. The first kappa shape index (κ1) is 20.6. The first-order chi connectivity index (χ1) is 10.8. The molecule has 2 rings (SSSR count). The lowest BCUT2D eigenvalue weighted by Crippen LogP contribution is -2.30. The topological polar surface area (TPSA) is 121 Å². The van der Waals surface area contributed by atoms with E-state index in [0.29, 0.717) is 5.82 Å². The van der Waals surface area contributed by atoms with Gasteiger partial charge in [0.15, 0.2) is 5.82 Å². The first-order valence-electron chi connectivity index (χ1n) is 7.40. The maximum Gasteiger partial charge on any atom is 0.276 e. The minimum Gasteiger partial charge on any atom is -0.391 e. The van der Waals surface area contributed by atoms with E-state index in [2.05, 4.69) is 9.97 Å². The van der Waals surface area contributed by atoms with Crippen molar-refractivity contribution in [3.8, 4) is 0 Å². The molecule has 0 amide bonds. The van der Waals surface area contributed by atoms with Crippen LogP contribution >= 0.6 is 0 Å². The number of aryl methyl sites for hydroxylation is 1. The quantitative estimate of drug-likeness (QED) is 0.494. The summed E-state index contributed by atoms with van der Waals surface area (Å²) in [7, 11) is 1.57. The molecule has 7 nitrogen and oxygen atoms in total. The minimum absolute atomic E-state index is 0.0330. The second kappa shape index (κ2) is 10.4. The summed E-state index contributed by atoms with van der Waals surface area (Å²) in [6, 6.07) is 9.59. The van der Waals surface area contributed by atoms with Gasteiger partial charge in [0, 0.05) is 7.05 Å². The van der Waals surface area contributed by atoms with E-state index in [9.17, 15) is 4.79 Å². The van der Waals surface area contributed by atoms with E-state index in [1.54, 1.807) is 20.9 Å². The van der Waals surface area contributed by atoms with Crippen LogP contribution < -0.4 is 22.1 Å². The molecule has 0 aliphatic rings. The van der Waals surface area contributed by atoms with E-state index < -0.39 is 0 Å². The van der Waals surface area contributed by atoms with Gasteiger partial charge in [-0.15, -0.1) is 0 Å². The number of nitrogen functional groups attached to an aromatic ring is 1. The van der Waals surface area contributed by atoms with Crippen molar-refractivity contribution < 1.29 is 5.11 Å². The van der Waals surface area contributed by atoms with Gasteiger partial charge in [0.25, 0.3) is 5.56 Å². The monoisotopic (exact) mass is 321 g/mol. The fraction of sp³-hybridized carbons (Fsp3) is 0.375. The minimum atomic E-state index is -0.366. The van der Waals surface area contributed by atoms with E-state index in [-0.39, 0.29) is 23.2 Å². The first-order valence-corrected chi connectivity index (χ1v) is 7.40. The van der Waals surface area contributed by atoms with E-state index in [0.717, 1.165) is 5.56 Å². The standard InChI is InChI=1S/C8H10O.C6H11N5O.C2H6/c1-7(9)8-5-3-2-4-6-8;1-3-9-5(11(2)8)4(7)6(12)10-3;1-2/h2-7,9H,1H3;7-8H2,1-2H3,(H,9,10,12);1-2H3. The Morgan fingerprint density at radius 1 is 1.26 bits per heavy atom. The summed E-state index contributed by atoms with van der Waals surface area (Å²) in [6.45, 7) is 7.42. The normalized spacial score (nSPS) is 10.6. The highest BCUT2D eigenvalue weighted by Crippen LogP contribution is 2.10. The lowest BCUT2D eigenvalue weighted by molar-refractivity contribution is 0.199. The summed E-state index contributed by atoms with van der Waals surface area (Å²) in [5, 5.41) is 10.2. The van der Waals surface area contributed by atoms with Gasteiger partial charge in [0.1, 0.15) is 11.5 Å². The summed E-state index contributed by atoms with van der Waals surface area (Å²) in [5.74, 6) is 6.17. The predicted molar refractivity (Wildman–Crippen MR) is 95.0 cm³/mol. The number of H-pyrrole nitrogens is 1. The van der Waals surface area contributed by atoms with Crippen molar-refractivity contribution in [2.24, 2.45) is 5.84 Å². The highest BCUT2D eigenvalue weighted by atomic mass is 16.3. The molecule has 128 valence electrons. The molecule has 0 aliphatic carbocycles. The summed E-state index contributed by atoms with van der Waals surface area (Å²) in [4.78, 5) is 17.5. The van der Waals surface area contributed by atoms with Crippen molar-refractivity contribution in [3.05, 3.63) is 52.1 Å². The van der Waals surface area contributed by atoms with Crippen LogP contribution in [0, 0.1) is 6.92 Å². The Morgan fingerprint density at radius 2 is 1.78 bits per heavy atom. The summed E-state index contributed by atoms with van der Waals surface area (Å²) in [5.41, 5.74) is 6.06. The van der Waals surface area contributed by atoms with Crippen LogP contribution in [-0.4, -0.2) is 22.1 Å². The van der Waals surface area contributed by atoms with Crippen molar-refractivity contribution in [3.63, 3.8) is 0 Å². The van der Waals surface area contributed by atoms with Crippen LogP contribution in [0.5, 0.6) is 0 Å². The number of rotatable bonds is 2. The Balaban J connectivity index is 0.000000392. The highest BCUT2D eigenvalue weighted by molar-refractivity contribution is 5.59. The van der Waals surface area contributed by atoms with Crippen molar-refractivity contribution in [1.29, 1.82) is 0 Å². The molecule has 1 aromatic heterocycles. The van der Waals surface area contributed by atoms with Crippen molar-refractivity contribution in [1.82, 2.24) is 9.97 Å². The molecule has 0 aliphatic heterocycles. The van der Waals surface area contributed by atoms with E-state index in [4.69, 9.17) is 16.7 Å². The Labute approximate surface area is 136 Å². The van der Waals surface area contributed by atoms with Crippen molar-refractivity contribution in [2.45, 2.75) is 33.8 Å². The van der Waals surface area contributed by atoms with Gasteiger partial charge in [-0.3, -0.25) is 9.80 Å². The average Bonchev–Trinajstić information content (AvgIpc) is 2.54. The second-order valence-corrected chi connectivity index (χ2v) is 4.59. The van der Waals surface area contributed by atoms with Gasteiger partial charge in [-0.1, -0.05) is 44.2 Å². The molecule has 1 unspecified atom stereocenters. The van der Waals surface area contributed by atoms with Crippen LogP contribution in [0.15, 0.2) is 35.1 Å². The molecule has 0 spiro atoms. The van der Waals surface area contributed by atoms with Crippen LogP contribution in [0.1, 0.15) is 38.3 Å². The molecule has 23 heavy (non-hydrogen) atoms. The zero-order chi connectivity index (χ0) is 18.0. The number of aromatic amines is 1. The number of hydrazine groups is 1. The van der Waals surface area contributed by atoms with Gasteiger partial charge in [-0.25, -0.2) is 10.8 Å². The number of nitrogens with two attached hydrogens (primary N) is 2. The molecule has 1 atom stereocenters. The van der Waals surface area contributed by atoms with E-state index >= 15 is 0 Å². The number of aromatic nitrogens is 2. The van der Waals surface area contributed by atoms with Crippen LogP contribution in [0.2, 0.25) is 0 Å². The number of benzene rings is 1. The third kappa shape index (κ3) is 6.94. The van der Waals surface area contributed by atoms with Gasteiger partial charge in [-0.05, 0) is 19.4 Å². The molecule has 6 N–H and O–H groups in total. The molecule has 0 saturated heterocycles. The van der Waals surface area contributed by atoms with Gasteiger partial charge in [-0.2, -0.15) is 0 Å². The van der Waals surface area contributed by atoms with Gasteiger partial charge >= 0.3 is 0 Å². The summed E-state index contributed by atoms with van der Waals surface area (Å²) >= 11 is 0. The maximum atomic E-state index is 11.1. The molecule has 0 radical (unpaired) electrons. The molecule has 0 saturated carbocycles. The van der Waals surface area contributed by atoms with Crippen LogP contribution in [0.25, 0.3) is 0 Å². The lowest BCUT2D eigenvalue weighted by atomic mass is 10.1. The third-order valence-corrected chi connectivity index (χ3v) is 2.67. The zero-order valence-electron chi connectivity index (χ0n) is 14.4. The molecule has 0 fully saturated rings. The number of hydrogen-bond donors (Lipinski definition) is 4. The van der Waals surface area contributed by atoms with Crippen LogP contribution in [-0.2, 0) is 0 Å². The smallest absolute Gasteiger partial charge is 0.276 e. The SMILES string of the molecule is CC.CC(O)c1ccccc1.Cc1nc(N(C)N)c(N)c(=O)[nH]1. The number of aliphatic hydroxyl groups excluding tert-OH is 1. The Morgan fingerprint density at radius 3 is 2.17 bits per heavy atom. The zero-order valence-corrected chi connectivity index (χ0v) is 14.4. The highest BCUT2D eigenvalue weighted by Gasteiger charge is 2.07. The molecule has 1 heterocycles. The molecule has 1 aromatic carbocycles. The molecule has 2 aromatic rings. The Hall–Kier alpha value is -2.38. The number of nitrogens with one attached hydrogen (secondary N) is 1. The Bertz CT molecular complexity index is 624. The van der Waals surface area contributed by atoms with Crippen molar-refractivity contribution >= 4 is 11.5 Å².